The van der Waals surface area contributed by atoms with Crippen LogP contribution in [0.5, 0.6) is 0 Å². The highest BCUT2D eigenvalue weighted by molar-refractivity contribution is 7.07. The Bertz CT molecular complexity index is 695. The number of amides is 2. The van der Waals surface area contributed by atoms with Crippen LogP contribution in [0.25, 0.3) is 6.08 Å². The molecule has 2 heterocycles. The van der Waals surface area contributed by atoms with Crippen LogP contribution in [0.4, 0.5) is 0 Å². The van der Waals surface area contributed by atoms with E-state index in [0.717, 1.165) is 0 Å². The molecule has 0 unspecified atom stereocenters. The molecule has 2 rings (SSSR count). The highest BCUT2D eigenvalue weighted by Gasteiger charge is 2.02. The summed E-state index contributed by atoms with van der Waals surface area (Å²) in [7, 11) is 1.82. The third-order valence-corrected chi connectivity index (χ3v) is 3.41. The molecule has 2 aromatic heterocycles. The number of carbonyl (C=O) groups is 2. The average Bonchev–Trinajstić information content (AvgIpc) is 3.09. The van der Waals surface area contributed by atoms with Gasteiger partial charge in [-0.3, -0.25) is 9.59 Å². The Hall–Kier alpha value is -2.41. The molecule has 0 fully saturated rings. The molecule has 1 N–H and O–H groups in total. The summed E-state index contributed by atoms with van der Waals surface area (Å²) in [6.07, 6.45) is 6.45. The van der Waals surface area contributed by atoms with Gasteiger partial charge in [-0.05, 0) is 18.2 Å². The molecule has 0 aliphatic rings. The number of carbonyl (C=O) groups excluding carboxylic acids is 2. The summed E-state index contributed by atoms with van der Waals surface area (Å²) in [4.78, 5) is 27.7. The second-order valence-corrected chi connectivity index (χ2v) is 5.06. The number of aryl methyl sites for hydroxylation is 1. The van der Waals surface area contributed by atoms with Crippen LogP contribution in [-0.2, 0) is 16.6 Å². The summed E-state index contributed by atoms with van der Waals surface area (Å²) in [6, 6.07) is 3.48. The van der Waals surface area contributed by atoms with Crippen LogP contribution in [0.3, 0.4) is 0 Å². The number of hydrogen-bond acceptors (Lipinski definition) is 4. The predicted molar refractivity (Wildman–Crippen MR) is 79.2 cm³/mol. The van der Waals surface area contributed by atoms with Crippen LogP contribution in [-0.4, -0.2) is 22.9 Å². The van der Waals surface area contributed by atoms with Crippen molar-refractivity contribution in [1.82, 2.24) is 9.88 Å². The van der Waals surface area contributed by atoms with E-state index in [2.05, 4.69) is 10.3 Å². The zero-order chi connectivity index (χ0) is 15.1. The van der Waals surface area contributed by atoms with E-state index >= 15 is 0 Å². The third kappa shape index (κ3) is 4.88. The number of aromatic nitrogens is 1. The molecule has 0 aromatic carbocycles. The smallest absolute Gasteiger partial charge is 0.250 e. The van der Waals surface area contributed by atoms with Crippen molar-refractivity contribution in [2.45, 2.75) is 6.42 Å². The van der Waals surface area contributed by atoms with Gasteiger partial charge in [0, 0.05) is 37.7 Å². The maximum absolute atomic E-state index is 11.6. The molecule has 0 radical (unpaired) electrons. The van der Waals surface area contributed by atoms with E-state index < -0.39 is 0 Å². The Labute approximate surface area is 125 Å². The van der Waals surface area contributed by atoms with Crippen molar-refractivity contribution in [1.29, 1.82) is 0 Å². The molecule has 0 saturated carbocycles. The molecule has 6 nitrogen and oxygen atoms in total. The maximum Gasteiger partial charge on any atom is 0.250 e. The van der Waals surface area contributed by atoms with Gasteiger partial charge in [0.25, 0.3) is 0 Å². The lowest BCUT2D eigenvalue weighted by molar-refractivity contribution is -0.118. The van der Waals surface area contributed by atoms with Crippen LogP contribution < -0.4 is 10.1 Å². The van der Waals surface area contributed by atoms with E-state index in [9.17, 15) is 9.59 Å². The van der Waals surface area contributed by atoms with Gasteiger partial charge in [-0.2, -0.15) is 4.99 Å². The van der Waals surface area contributed by atoms with Crippen LogP contribution in [0.1, 0.15) is 12.2 Å². The topological polar surface area (TPSA) is 76.6 Å². The van der Waals surface area contributed by atoms with Crippen molar-refractivity contribution < 1.29 is 14.0 Å². The second-order valence-electron chi connectivity index (χ2n) is 4.19. The van der Waals surface area contributed by atoms with Crippen molar-refractivity contribution in [3.05, 3.63) is 46.6 Å². The van der Waals surface area contributed by atoms with E-state index in [0.29, 0.717) is 10.6 Å². The first kappa shape index (κ1) is 15.0. The molecule has 21 heavy (non-hydrogen) atoms. The lowest BCUT2D eigenvalue weighted by Crippen LogP contribution is -2.24. The number of nitrogens with one attached hydrogen (secondary N) is 1. The van der Waals surface area contributed by atoms with E-state index in [-0.39, 0.29) is 24.8 Å². The Morgan fingerprint density at radius 3 is 3.05 bits per heavy atom. The van der Waals surface area contributed by atoms with E-state index in [4.69, 9.17) is 4.42 Å². The molecular formula is C14H15N3O3S. The quantitative estimate of drug-likeness (QED) is 0.847. The molecule has 7 heteroatoms. The van der Waals surface area contributed by atoms with Crippen LogP contribution in [0.15, 0.2) is 45.5 Å². The summed E-state index contributed by atoms with van der Waals surface area (Å²) in [5.41, 5.74) is 0. The third-order valence-electron chi connectivity index (χ3n) is 2.56. The highest BCUT2D eigenvalue weighted by atomic mass is 32.1. The van der Waals surface area contributed by atoms with Crippen molar-refractivity contribution >= 4 is 29.2 Å². The molecule has 0 bridgehead atoms. The molecule has 0 aliphatic heterocycles. The molecule has 0 aliphatic carbocycles. The minimum absolute atomic E-state index is 0.165. The Balaban J connectivity index is 1.75. The number of hydrogen-bond donors (Lipinski definition) is 1. The molecule has 110 valence electrons. The number of nitrogens with zero attached hydrogens (tertiary/aromatic N) is 2. The number of rotatable bonds is 5. The normalized spacial score (nSPS) is 12.0. The van der Waals surface area contributed by atoms with Gasteiger partial charge in [-0.1, -0.05) is 0 Å². The number of furan rings is 1. The van der Waals surface area contributed by atoms with Crippen molar-refractivity contribution in [2.75, 3.05) is 6.54 Å². The minimum atomic E-state index is -0.277. The average molecular weight is 305 g/mol. The lowest BCUT2D eigenvalue weighted by atomic mass is 10.3. The summed E-state index contributed by atoms with van der Waals surface area (Å²) in [5.74, 6) is 0.0608. The maximum atomic E-state index is 11.6. The van der Waals surface area contributed by atoms with Gasteiger partial charge >= 0.3 is 0 Å². The summed E-state index contributed by atoms with van der Waals surface area (Å²) < 4.78 is 6.83. The first-order chi connectivity index (χ1) is 10.1. The molecular weight excluding hydrogens is 290 g/mol. The second kappa shape index (κ2) is 7.39. The Morgan fingerprint density at radius 2 is 2.38 bits per heavy atom. The van der Waals surface area contributed by atoms with Gasteiger partial charge in [0.1, 0.15) is 5.76 Å². The summed E-state index contributed by atoms with van der Waals surface area (Å²) >= 11 is 1.39. The predicted octanol–water partition coefficient (Wildman–Crippen LogP) is 1.33. The summed E-state index contributed by atoms with van der Waals surface area (Å²) in [5, 5.41) is 4.47. The Kier molecular flexibility index (Phi) is 5.28. The SMILES string of the molecule is Cn1ccsc1=NC(=O)CCNC(=O)/C=C/c1ccco1. The summed E-state index contributed by atoms with van der Waals surface area (Å²) in [6.45, 7) is 0.249. The fourth-order valence-electron chi connectivity index (χ4n) is 1.49. The number of thiazole rings is 1. The van der Waals surface area contributed by atoms with Gasteiger partial charge in [0.15, 0.2) is 4.80 Å². The van der Waals surface area contributed by atoms with Gasteiger partial charge in [0.05, 0.1) is 6.26 Å². The fourth-order valence-corrected chi connectivity index (χ4v) is 2.24. The molecule has 0 saturated heterocycles. The van der Waals surface area contributed by atoms with E-state index in [1.165, 1.54) is 23.7 Å². The first-order valence-corrected chi connectivity index (χ1v) is 7.20. The molecule has 2 amide bonds. The van der Waals surface area contributed by atoms with Gasteiger partial charge in [0.2, 0.25) is 11.8 Å². The molecule has 0 spiro atoms. The zero-order valence-electron chi connectivity index (χ0n) is 11.5. The van der Waals surface area contributed by atoms with Crippen molar-refractivity contribution in [3.8, 4) is 0 Å². The standard InChI is InChI=1S/C14H15N3O3S/c1-17-8-10-21-14(17)16-13(19)6-7-15-12(18)5-4-11-3-2-9-20-11/h2-5,8-10H,6-7H2,1H3,(H,15,18)/b5-4+,16-14?. The molecule has 2 aromatic rings. The van der Waals surface area contributed by atoms with Gasteiger partial charge < -0.3 is 14.3 Å². The largest absolute Gasteiger partial charge is 0.465 e. The van der Waals surface area contributed by atoms with Crippen LogP contribution in [0.2, 0.25) is 0 Å². The van der Waals surface area contributed by atoms with Crippen LogP contribution in [0, 0.1) is 0 Å². The lowest BCUT2D eigenvalue weighted by Gasteiger charge is -1.98. The van der Waals surface area contributed by atoms with Crippen LogP contribution >= 0.6 is 11.3 Å². The highest BCUT2D eigenvalue weighted by Crippen LogP contribution is 2.01. The fraction of sp³-hybridized carbons (Fsp3) is 0.214. The minimum Gasteiger partial charge on any atom is -0.465 e. The zero-order valence-corrected chi connectivity index (χ0v) is 12.3. The first-order valence-electron chi connectivity index (χ1n) is 6.32. The van der Waals surface area contributed by atoms with Gasteiger partial charge in [-0.15, -0.1) is 11.3 Å². The molecule has 0 atom stereocenters. The van der Waals surface area contributed by atoms with E-state index in [1.54, 1.807) is 22.8 Å². The van der Waals surface area contributed by atoms with Gasteiger partial charge in [-0.25, -0.2) is 0 Å². The monoisotopic (exact) mass is 305 g/mol. The van der Waals surface area contributed by atoms with Crippen molar-refractivity contribution in [2.24, 2.45) is 12.0 Å². The van der Waals surface area contributed by atoms with E-state index in [1.807, 2.05) is 18.6 Å². The van der Waals surface area contributed by atoms with Crippen molar-refractivity contribution in [3.63, 3.8) is 0 Å². The Morgan fingerprint density at radius 1 is 1.52 bits per heavy atom.